The molecule has 0 aliphatic heterocycles. The van der Waals surface area contributed by atoms with Crippen LogP contribution >= 0.6 is 23.4 Å². The number of benzene rings is 1. The summed E-state index contributed by atoms with van der Waals surface area (Å²) in [6.45, 7) is 2.91. The molecule has 1 aromatic carbocycles. The van der Waals surface area contributed by atoms with Gasteiger partial charge in [0.2, 0.25) is 0 Å². The number of hydrogen-bond donors (Lipinski definition) is 0. The molecule has 0 saturated heterocycles. The highest BCUT2D eigenvalue weighted by Crippen LogP contribution is 2.28. The molecule has 4 nitrogen and oxygen atoms in total. The largest absolute Gasteiger partial charge is 0.302 e. The van der Waals surface area contributed by atoms with Crippen molar-refractivity contribution in [3.05, 3.63) is 59.4 Å². The highest BCUT2D eigenvalue weighted by atomic mass is 35.5. The van der Waals surface area contributed by atoms with Gasteiger partial charge >= 0.3 is 0 Å². The van der Waals surface area contributed by atoms with Gasteiger partial charge in [0.05, 0.1) is 0 Å². The summed E-state index contributed by atoms with van der Waals surface area (Å²) in [6, 6.07) is 11.8. The van der Waals surface area contributed by atoms with Crippen LogP contribution in [0.15, 0.2) is 53.9 Å². The maximum absolute atomic E-state index is 6.20. The van der Waals surface area contributed by atoms with Gasteiger partial charge in [-0.05, 0) is 30.7 Å². The molecule has 3 rings (SSSR count). The van der Waals surface area contributed by atoms with E-state index in [9.17, 15) is 0 Å². The van der Waals surface area contributed by atoms with Gasteiger partial charge < -0.3 is 4.57 Å². The van der Waals surface area contributed by atoms with E-state index in [4.69, 9.17) is 11.6 Å². The van der Waals surface area contributed by atoms with Crippen molar-refractivity contribution in [1.29, 1.82) is 0 Å². The van der Waals surface area contributed by atoms with E-state index in [0.717, 1.165) is 39.4 Å². The molecule has 3 aromatic rings. The summed E-state index contributed by atoms with van der Waals surface area (Å²) in [7, 11) is 0. The second-order valence-electron chi connectivity index (χ2n) is 4.67. The Hall–Kier alpha value is -1.85. The summed E-state index contributed by atoms with van der Waals surface area (Å²) in [5.41, 5.74) is 2.12. The van der Waals surface area contributed by atoms with Crippen LogP contribution in [-0.4, -0.2) is 19.7 Å². The third kappa shape index (κ3) is 3.15. The van der Waals surface area contributed by atoms with Crippen LogP contribution in [-0.2, 0) is 12.3 Å². The van der Waals surface area contributed by atoms with Gasteiger partial charge in [-0.25, -0.2) is 0 Å². The molecule has 0 fully saturated rings. The van der Waals surface area contributed by atoms with Crippen LogP contribution in [0.25, 0.3) is 11.4 Å². The van der Waals surface area contributed by atoms with Crippen LogP contribution in [0.2, 0.25) is 5.02 Å². The molecule has 0 bridgehead atoms. The van der Waals surface area contributed by atoms with Crippen molar-refractivity contribution in [2.24, 2.45) is 0 Å². The fourth-order valence-electron chi connectivity index (χ4n) is 2.15. The minimum Gasteiger partial charge on any atom is -0.302 e. The first-order valence-electron chi connectivity index (χ1n) is 6.99. The first kappa shape index (κ1) is 15.1. The average molecular weight is 331 g/mol. The van der Waals surface area contributed by atoms with Gasteiger partial charge in [-0.1, -0.05) is 41.6 Å². The minimum atomic E-state index is 0.772. The standard InChI is InChI=1S/C16H15ClN4S/c1-2-21-15(12-7-9-18-10-8-12)19-20-16(21)22-11-13-5-3-4-6-14(13)17/h3-10H,2,11H2,1H3. The summed E-state index contributed by atoms with van der Waals surface area (Å²) < 4.78 is 2.11. The van der Waals surface area contributed by atoms with E-state index in [0.29, 0.717) is 0 Å². The highest BCUT2D eigenvalue weighted by molar-refractivity contribution is 7.98. The van der Waals surface area contributed by atoms with Crippen molar-refractivity contribution < 1.29 is 0 Å². The fraction of sp³-hybridized carbons (Fsp3) is 0.188. The van der Waals surface area contributed by atoms with Crippen LogP contribution in [0.3, 0.4) is 0 Å². The zero-order valence-corrected chi connectivity index (χ0v) is 13.7. The van der Waals surface area contributed by atoms with Crippen molar-refractivity contribution in [2.75, 3.05) is 0 Å². The number of nitrogens with zero attached hydrogens (tertiary/aromatic N) is 4. The fourth-order valence-corrected chi connectivity index (χ4v) is 3.44. The SMILES string of the molecule is CCn1c(SCc2ccccc2Cl)nnc1-c1ccncc1. The van der Waals surface area contributed by atoms with Crippen molar-refractivity contribution in [3.8, 4) is 11.4 Å². The van der Waals surface area contributed by atoms with E-state index < -0.39 is 0 Å². The molecule has 2 heterocycles. The molecule has 0 aliphatic carbocycles. The number of hydrogen-bond acceptors (Lipinski definition) is 4. The van der Waals surface area contributed by atoms with E-state index in [2.05, 4.69) is 26.7 Å². The number of halogens is 1. The van der Waals surface area contributed by atoms with Gasteiger partial charge in [0.15, 0.2) is 11.0 Å². The molecular weight excluding hydrogens is 316 g/mol. The van der Waals surface area contributed by atoms with Crippen molar-refractivity contribution in [1.82, 2.24) is 19.7 Å². The van der Waals surface area contributed by atoms with E-state index in [1.54, 1.807) is 24.2 Å². The van der Waals surface area contributed by atoms with E-state index in [1.165, 1.54) is 0 Å². The van der Waals surface area contributed by atoms with Crippen LogP contribution in [0.1, 0.15) is 12.5 Å². The van der Waals surface area contributed by atoms with Crippen LogP contribution in [0, 0.1) is 0 Å². The van der Waals surface area contributed by atoms with Gasteiger partial charge in [-0.3, -0.25) is 4.98 Å². The van der Waals surface area contributed by atoms with Gasteiger partial charge in [-0.15, -0.1) is 10.2 Å². The van der Waals surface area contributed by atoms with Gasteiger partial charge in [0, 0.05) is 35.3 Å². The number of rotatable bonds is 5. The lowest BCUT2D eigenvalue weighted by molar-refractivity contribution is 0.687. The Balaban J connectivity index is 1.83. The van der Waals surface area contributed by atoms with Crippen LogP contribution < -0.4 is 0 Å². The topological polar surface area (TPSA) is 43.6 Å². The Morgan fingerprint density at radius 3 is 2.59 bits per heavy atom. The molecule has 0 spiro atoms. The first-order chi connectivity index (χ1) is 10.8. The lowest BCUT2D eigenvalue weighted by atomic mass is 10.2. The monoisotopic (exact) mass is 330 g/mol. The summed E-state index contributed by atoms with van der Waals surface area (Å²) in [5.74, 6) is 1.64. The molecule has 0 saturated carbocycles. The summed E-state index contributed by atoms with van der Waals surface area (Å²) >= 11 is 7.85. The van der Waals surface area contributed by atoms with Crippen molar-refractivity contribution in [3.63, 3.8) is 0 Å². The minimum absolute atomic E-state index is 0.772. The van der Waals surface area contributed by atoms with E-state index in [1.807, 2.05) is 36.4 Å². The Morgan fingerprint density at radius 2 is 1.86 bits per heavy atom. The van der Waals surface area contributed by atoms with Crippen LogP contribution in [0.5, 0.6) is 0 Å². The molecule has 22 heavy (non-hydrogen) atoms. The number of aromatic nitrogens is 4. The van der Waals surface area contributed by atoms with Gasteiger partial charge in [-0.2, -0.15) is 0 Å². The van der Waals surface area contributed by atoms with Crippen LogP contribution in [0.4, 0.5) is 0 Å². The lowest BCUT2D eigenvalue weighted by Crippen LogP contribution is -2.00. The van der Waals surface area contributed by atoms with Crippen molar-refractivity contribution >= 4 is 23.4 Å². The second kappa shape index (κ2) is 6.94. The molecule has 112 valence electrons. The average Bonchev–Trinajstić information content (AvgIpc) is 2.98. The number of thioether (sulfide) groups is 1. The number of pyridine rings is 1. The maximum atomic E-state index is 6.20. The zero-order valence-electron chi connectivity index (χ0n) is 12.1. The summed E-state index contributed by atoms with van der Waals surface area (Å²) in [6.07, 6.45) is 3.53. The van der Waals surface area contributed by atoms with E-state index in [-0.39, 0.29) is 0 Å². The molecule has 0 N–H and O–H groups in total. The normalized spacial score (nSPS) is 10.8. The predicted molar refractivity (Wildman–Crippen MR) is 89.9 cm³/mol. The van der Waals surface area contributed by atoms with E-state index >= 15 is 0 Å². The predicted octanol–water partition coefficient (Wildman–Crippen LogP) is 4.31. The second-order valence-corrected chi connectivity index (χ2v) is 6.02. The Kier molecular flexibility index (Phi) is 4.75. The Bertz CT molecular complexity index is 758. The van der Waals surface area contributed by atoms with Gasteiger partial charge in [0.25, 0.3) is 0 Å². The maximum Gasteiger partial charge on any atom is 0.191 e. The third-order valence-electron chi connectivity index (χ3n) is 3.29. The zero-order chi connectivity index (χ0) is 15.4. The Labute approximate surface area is 138 Å². The molecule has 2 aromatic heterocycles. The highest BCUT2D eigenvalue weighted by Gasteiger charge is 2.13. The molecule has 0 aliphatic rings. The third-order valence-corrected chi connectivity index (χ3v) is 4.67. The summed E-state index contributed by atoms with van der Waals surface area (Å²) in [4.78, 5) is 4.04. The first-order valence-corrected chi connectivity index (χ1v) is 8.35. The smallest absolute Gasteiger partial charge is 0.191 e. The quantitative estimate of drug-likeness (QED) is 0.654. The molecule has 0 unspecified atom stereocenters. The van der Waals surface area contributed by atoms with Crippen molar-refractivity contribution in [2.45, 2.75) is 24.4 Å². The summed E-state index contributed by atoms with van der Waals surface area (Å²) in [5, 5.41) is 10.3. The molecular formula is C16H15ClN4S. The molecule has 0 amide bonds. The molecule has 0 atom stereocenters. The molecule has 6 heteroatoms. The Morgan fingerprint density at radius 1 is 1.09 bits per heavy atom. The lowest BCUT2D eigenvalue weighted by Gasteiger charge is -2.07. The molecule has 0 radical (unpaired) electrons. The van der Waals surface area contributed by atoms with Gasteiger partial charge in [0.1, 0.15) is 0 Å².